The molecule has 2 aromatic carbocycles. The van der Waals surface area contributed by atoms with Gasteiger partial charge in [-0.2, -0.15) is 0 Å². The molecule has 0 bridgehead atoms. The van der Waals surface area contributed by atoms with Gasteiger partial charge in [-0.25, -0.2) is 9.18 Å². The van der Waals surface area contributed by atoms with Crippen molar-refractivity contribution in [3.63, 3.8) is 0 Å². The average Bonchev–Trinajstić information content (AvgIpc) is 2.64. The van der Waals surface area contributed by atoms with E-state index in [1.54, 1.807) is 24.3 Å². The van der Waals surface area contributed by atoms with E-state index >= 15 is 0 Å². The topological polar surface area (TPSA) is 84.9 Å². The highest BCUT2D eigenvalue weighted by Gasteiger charge is 2.21. The Balaban J connectivity index is 1.91. The summed E-state index contributed by atoms with van der Waals surface area (Å²) in [5, 5.41) is 11.8. The monoisotopic (exact) mass is 375 g/mol. The molecule has 0 fully saturated rings. The lowest BCUT2D eigenvalue weighted by Crippen LogP contribution is -2.40. The minimum absolute atomic E-state index is 0.113. The zero-order valence-electron chi connectivity index (χ0n) is 15.1. The van der Waals surface area contributed by atoms with Crippen LogP contribution in [0.3, 0.4) is 0 Å². The number of rotatable bonds is 9. The summed E-state index contributed by atoms with van der Waals surface area (Å²) in [5.41, 5.74) is 1.33. The number of carboxylic acids is 1. The van der Waals surface area contributed by atoms with Crippen molar-refractivity contribution in [3.05, 3.63) is 65.5 Å². The standard InChI is InChI=1S/C20H22FNO5/c1-13(2)26-12-14-3-5-15(6-4-14)19(23)22-11-18(20(24)25)27-17-9-7-16(21)8-10-17/h3-10,13,18H,11-12H2,1-2H3,(H,22,23)(H,24,25). The van der Waals surface area contributed by atoms with E-state index in [9.17, 15) is 19.1 Å². The minimum atomic E-state index is -1.29. The second kappa shape index (κ2) is 9.68. The number of carbonyl (C=O) groups excluding carboxylic acids is 1. The van der Waals surface area contributed by atoms with E-state index in [0.29, 0.717) is 12.2 Å². The van der Waals surface area contributed by atoms with Gasteiger partial charge < -0.3 is 19.9 Å². The van der Waals surface area contributed by atoms with Crippen LogP contribution in [0, 0.1) is 5.82 Å². The predicted molar refractivity (Wildman–Crippen MR) is 97.2 cm³/mol. The Bertz CT molecular complexity index is 759. The van der Waals surface area contributed by atoms with Crippen molar-refractivity contribution in [2.24, 2.45) is 0 Å². The molecule has 0 aliphatic heterocycles. The molecule has 0 aliphatic rings. The van der Waals surface area contributed by atoms with Crippen LogP contribution in [0.4, 0.5) is 4.39 Å². The van der Waals surface area contributed by atoms with Gasteiger partial charge in [-0.3, -0.25) is 4.79 Å². The fourth-order valence-corrected chi connectivity index (χ4v) is 2.16. The van der Waals surface area contributed by atoms with Crippen molar-refractivity contribution >= 4 is 11.9 Å². The maximum absolute atomic E-state index is 12.9. The maximum atomic E-state index is 12.9. The SMILES string of the molecule is CC(C)OCc1ccc(C(=O)NCC(Oc2ccc(F)cc2)C(=O)O)cc1. The molecule has 1 unspecified atom stereocenters. The van der Waals surface area contributed by atoms with Crippen LogP contribution in [0.1, 0.15) is 29.8 Å². The van der Waals surface area contributed by atoms with Crippen LogP contribution in [-0.2, 0) is 16.1 Å². The number of aliphatic carboxylic acids is 1. The van der Waals surface area contributed by atoms with Gasteiger partial charge >= 0.3 is 5.97 Å². The third-order valence-electron chi connectivity index (χ3n) is 3.61. The number of amides is 1. The highest BCUT2D eigenvalue weighted by atomic mass is 19.1. The lowest BCUT2D eigenvalue weighted by Gasteiger charge is -2.16. The molecular formula is C20H22FNO5. The molecule has 0 heterocycles. The third-order valence-corrected chi connectivity index (χ3v) is 3.61. The van der Waals surface area contributed by atoms with Crippen molar-refractivity contribution in [2.75, 3.05) is 6.54 Å². The average molecular weight is 375 g/mol. The molecule has 0 saturated heterocycles. The molecule has 1 atom stereocenters. The van der Waals surface area contributed by atoms with E-state index in [2.05, 4.69) is 5.32 Å². The Morgan fingerprint density at radius 1 is 1.07 bits per heavy atom. The van der Waals surface area contributed by atoms with Gasteiger partial charge in [-0.15, -0.1) is 0 Å². The Hall–Kier alpha value is -2.93. The van der Waals surface area contributed by atoms with E-state index in [1.165, 1.54) is 12.1 Å². The van der Waals surface area contributed by atoms with Crippen LogP contribution in [0.2, 0.25) is 0 Å². The van der Waals surface area contributed by atoms with Gasteiger partial charge in [0.15, 0.2) is 0 Å². The first-order valence-corrected chi connectivity index (χ1v) is 8.49. The number of nitrogens with one attached hydrogen (secondary N) is 1. The van der Waals surface area contributed by atoms with Gasteiger partial charge in [-0.1, -0.05) is 12.1 Å². The number of carboxylic acid groups (broad SMARTS) is 1. The summed E-state index contributed by atoms with van der Waals surface area (Å²) in [7, 11) is 0. The summed E-state index contributed by atoms with van der Waals surface area (Å²) < 4.78 is 23.7. The number of benzene rings is 2. The van der Waals surface area contributed by atoms with Crippen LogP contribution < -0.4 is 10.1 Å². The number of carbonyl (C=O) groups is 2. The number of ether oxygens (including phenoxy) is 2. The van der Waals surface area contributed by atoms with E-state index in [-0.39, 0.29) is 18.4 Å². The van der Waals surface area contributed by atoms with Crippen LogP contribution in [-0.4, -0.2) is 35.7 Å². The number of hydrogen-bond acceptors (Lipinski definition) is 4. The van der Waals surface area contributed by atoms with E-state index < -0.39 is 23.8 Å². The van der Waals surface area contributed by atoms with Crippen LogP contribution in [0.5, 0.6) is 5.75 Å². The zero-order valence-corrected chi connectivity index (χ0v) is 15.1. The van der Waals surface area contributed by atoms with Crippen LogP contribution in [0.25, 0.3) is 0 Å². The molecule has 1 amide bonds. The van der Waals surface area contributed by atoms with Crippen molar-refractivity contribution in [2.45, 2.75) is 32.7 Å². The Morgan fingerprint density at radius 2 is 1.70 bits per heavy atom. The molecule has 2 aromatic rings. The summed E-state index contributed by atoms with van der Waals surface area (Å²) in [6.45, 7) is 4.10. The summed E-state index contributed by atoms with van der Waals surface area (Å²) in [6, 6.07) is 11.8. The highest BCUT2D eigenvalue weighted by molar-refractivity contribution is 5.94. The Kier molecular flexibility index (Phi) is 7.31. The van der Waals surface area contributed by atoms with E-state index in [0.717, 1.165) is 17.7 Å². The lowest BCUT2D eigenvalue weighted by atomic mass is 10.1. The molecular weight excluding hydrogens is 353 g/mol. The van der Waals surface area contributed by atoms with E-state index in [4.69, 9.17) is 9.47 Å². The molecule has 6 nitrogen and oxygen atoms in total. The Morgan fingerprint density at radius 3 is 2.26 bits per heavy atom. The van der Waals surface area contributed by atoms with Crippen molar-refractivity contribution in [1.29, 1.82) is 0 Å². The molecule has 0 aliphatic carbocycles. The molecule has 0 radical (unpaired) electrons. The summed E-state index contributed by atoms with van der Waals surface area (Å²) in [5.74, 6) is -1.90. The van der Waals surface area contributed by atoms with Gasteiger partial charge in [0.2, 0.25) is 6.10 Å². The normalized spacial score (nSPS) is 11.9. The maximum Gasteiger partial charge on any atom is 0.346 e. The molecule has 0 spiro atoms. The quantitative estimate of drug-likeness (QED) is 0.704. The largest absolute Gasteiger partial charge is 0.478 e. The van der Waals surface area contributed by atoms with Gasteiger partial charge in [0.25, 0.3) is 5.91 Å². The second-order valence-electron chi connectivity index (χ2n) is 6.17. The summed E-state index contributed by atoms with van der Waals surface area (Å²) in [6.07, 6.45) is -1.18. The first-order valence-electron chi connectivity index (χ1n) is 8.49. The third kappa shape index (κ3) is 6.71. The minimum Gasteiger partial charge on any atom is -0.478 e. The first-order chi connectivity index (χ1) is 12.8. The fourth-order valence-electron chi connectivity index (χ4n) is 2.16. The molecule has 2 rings (SSSR count). The lowest BCUT2D eigenvalue weighted by molar-refractivity contribution is -0.144. The zero-order chi connectivity index (χ0) is 19.8. The van der Waals surface area contributed by atoms with Crippen molar-refractivity contribution in [1.82, 2.24) is 5.32 Å². The predicted octanol–water partition coefficient (Wildman–Crippen LogP) is 3.01. The number of halogens is 1. The second-order valence-corrected chi connectivity index (χ2v) is 6.17. The molecule has 0 saturated carbocycles. The molecule has 144 valence electrons. The smallest absolute Gasteiger partial charge is 0.346 e. The molecule has 27 heavy (non-hydrogen) atoms. The van der Waals surface area contributed by atoms with Crippen molar-refractivity contribution in [3.8, 4) is 5.75 Å². The van der Waals surface area contributed by atoms with Crippen LogP contribution >= 0.6 is 0 Å². The molecule has 2 N–H and O–H groups in total. The van der Waals surface area contributed by atoms with Gasteiger partial charge in [0.05, 0.1) is 19.3 Å². The molecule has 7 heteroatoms. The van der Waals surface area contributed by atoms with Crippen molar-refractivity contribution < 1.29 is 28.6 Å². The highest BCUT2D eigenvalue weighted by Crippen LogP contribution is 2.13. The molecule has 0 aromatic heterocycles. The van der Waals surface area contributed by atoms with Gasteiger partial charge in [0.1, 0.15) is 11.6 Å². The number of hydrogen-bond donors (Lipinski definition) is 2. The summed E-state index contributed by atoms with van der Waals surface area (Å²) in [4.78, 5) is 23.5. The first kappa shape index (κ1) is 20.4. The Labute approximate surface area is 156 Å². The van der Waals surface area contributed by atoms with E-state index in [1.807, 2.05) is 13.8 Å². The van der Waals surface area contributed by atoms with Gasteiger partial charge in [-0.05, 0) is 55.8 Å². The fraction of sp³-hybridized carbons (Fsp3) is 0.300. The summed E-state index contributed by atoms with van der Waals surface area (Å²) >= 11 is 0. The van der Waals surface area contributed by atoms with Gasteiger partial charge in [0, 0.05) is 5.56 Å². The van der Waals surface area contributed by atoms with Crippen LogP contribution in [0.15, 0.2) is 48.5 Å².